The lowest BCUT2D eigenvalue weighted by Crippen LogP contribution is -2.03. The number of aliphatic imine (C=N–C) groups is 2. The van der Waals surface area contributed by atoms with E-state index in [-0.39, 0.29) is 0 Å². The highest BCUT2D eigenvalue weighted by Crippen LogP contribution is 2.31. The Bertz CT molecular complexity index is 609. The first-order chi connectivity index (χ1) is 9.90. The molecule has 0 spiro atoms. The summed E-state index contributed by atoms with van der Waals surface area (Å²) in [5, 5.41) is 0. The average Bonchev–Trinajstić information content (AvgIpc) is 2.62. The summed E-state index contributed by atoms with van der Waals surface area (Å²) in [6.45, 7) is 13.1. The molecule has 0 heterocycles. The van der Waals surface area contributed by atoms with E-state index in [9.17, 15) is 0 Å². The van der Waals surface area contributed by atoms with Crippen LogP contribution in [0.3, 0.4) is 0 Å². The summed E-state index contributed by atoms with van der Waals surface area (Å²) in [6, 6.07) is 0. The van der Waals surface area contributed by atoms with E-state index in [1.165, 1.54) is 22.3 Å². The summed E-state index contributed by atoms with van der Waals surface area (Å²) in [5.41, 5.74) is 7.49. The second kappa shape index (κ2) is 6.38. The Labute approximate surface area is 128 Å². The van der Waals surface area contributed by atoms with Crippen molar-refractivity contribution < 1.29 is 0 Å². The van der Waals surface area contributed by atoms with Gasteiger partial charge in [0.15, 0.2) is 0 Å². The van der Waals surface area contributed by atoms with Gasteiger partial charge in [-0.15, -0.1) is 0 Å². The van der Waals surface area contributed by atoms with Crippen molar-refractivity contribution in [1.29, 1.82) is 0 Å². The van der Waals surface area contributed by atoms with Crippen molar-refractivity contribution in [2.45, 2.75) is 48.0 Å². The summed E-state index contributed by atoms with van der Waals surface area (Å²) in [7, 11) is 0. The number of allylic oxidation sites excluding steroid dienone is 6. The van der Waals surface area contributed by atoms with Gasteiger partial charge in [0.2, 0.25) is 0 Å². The van der Waals surface area contributed by atoms with Gasteiger partial charge < -0.3 is 0 Å². The Morgan fingerprint density at radius 3 is 2.00 bits per heavy atom. The summed E-state index contributed by atoms with van der Waals surface area (Å²) >= 11 is 0. The Morgan fingerprint density at radius 2 is 1.48 bits per heavy atom. The van der Waals surface area contributed by atoms with Crippen LogP contribution in [0.25, 0.3) is 0 Å². The standard InChI is InChI=1S/C19H26N2/c1-12-9-14(3)18(15(4)10-12)20-7-8-21-19-16(5)11-13(2)17(19)6/h7-9,11-13H,10H2,1-6H3/b20-7+,21-8+/t12-,13+/m1/s1. The first-order valence-corrected chi connectivity index (χ1v) is 7.75. The molecule has 0 amide bonds. The van der Waals surface area contributed by atoms with E-state index in [1.54, 1.807) is 0 Å². The van der Waals surface area contributed by atoms with Crippen molar-refractivity contribution in [3.63, 3.8) is 0 Å². The van der Waals surface area contributed by atoms with Crippen molar-refractivity contribution in [1.82, 2.24) is 0 Å². The molecule has 2 nitrogen and oxygen atoms in total. The van der Waals surface area contributed by atoms with Crippen LogP contribution >= 0.6 is 0 Å². The van der Waals surface area contributed by atoms with Gasteiger partial charge in [-0.25, -0.2) is 0 Å². The van der Waals surface area contributed by atoms with Gasteiger partial charge in [-0.2, -0.15) is 0 Å². The zero-order chi connectivity index (χ0) is 15.6. The Kier molecular flexibility index (Phi) is 4.76. The minimum atomic E-state index is 0.504. The zero-order valence-electron chi connectivity index (χ0n) is 14.1. The lowest BCUT2D eigenvalue weighted by Gasteiger charge is -2.18. The molecule has 0 aliphatic heterocycles. The quantitative estimate of drug-likeness (QED) is 0.631. The summed E-state index contributed by atoms with van der Waals surface area (Å²) < 4.78 is 0. The van der Waals surface area contributed by atoms with Crippen LogP contribution < -0.4 is 0 Å². The fraction of sp³-hybridized carbons (Fsp3) is 0.474. The molecular formula is C19H26N2. The third-order valence-corrected chi connectivity index (χ3v) is 4.34. The van der Waals surface area contributed by atoms with E-state index < -0.39 is 0 Å². The lowest BCUT2D eigenvalue weighted by atomic mass is 9.91. The third-order valence-electron chi connectivity index (χ3n) is 4.34. The molecule has 2 atom stereocenters. The normalized spacial score (nSPS) is 27.1. The molecule has 0 saturated carbocycles. The molecule has 2 rings (SSSR count). The Hall–Kier alpha value is -1.70. The fourth-order valence-electron chi connectivity index (χ4n) is 3.22. The molecule has 112 valence electrons. The maximum Gasteiger partial charge on any atom is 0.0651 e. The van der Waals surface area contributed by atoms with Crippen molar-refractivity contribution >= 4 is 12.4 Å². The smallest absolute Gasteiger partial charge is 0.0651 e. The predicted octanol–water partition coefficient (Wildman–Crippen LogP) is 5.26. The molecule has 0 N–H and O–H groups in total. The van der Waals surface area contributed by atoms with E-state index in [2.05, 4.69) is 63.7 Å². The fourth-order valence-corrected chi connectivity index (χ4v) is 3.22. The van der Waals surface area contributed by atoms with E-state index in [0.717, 1.165) is 17.8 Å². The van der Waals surface area contributed by atoms with Crippen LogP contribution in [0.15, 0.2) is 55.8 Å². The van der Waals surface area contributed by atoms with Crippen LogP contribution in [0, 0.1) is 11.8 Å². The molecule has 0 bridgehead atoms. The largest absolute Gasteiger partial charge is 0.255 e. The van der Waals surface area contributed by atoms with Gasteiger partial charge in [0.1, 0.15) is 0 Å². The van der Waals surface area contributed by atoms with E-state index >= 15 is 0 Å². The zero-order valence-corrected chi connectivity index (χ0v) is 14.1. The molecule has 0 unspecified atom stereocenters. The van der Waals surface area contributed by atoms with Gasteiger partial charge in [0.05, 0.1) is 11.4 Å². The molecular weight excluding hydrogens is 256 g/mol. The number of nitrogens with zero attached hydrogens (tertiary/aromatic N) is 2. The molecule has 2 heteroatoms. The van der Waals surface area contributed by atoms with E-state index in [4.69, 9.17) is 0 Å². The Balaban J connectivity index is 2.11. The molecule has 0 fully saturated rings. The highest BCUT2D eigenvalue weighted by Gasteiger charge is 2.16. The third kappa shape index (κ3) is 3.49. The number of hydrogen-bond acceptors (Lipinski definition) is 2. The second-order valence-corrected chi connectivity index (χ2v) is 6.39. The molecule has 0 radical (unpaired) electrons. The average molecular weight is 282 g/mol. The molecule has 2 aliphatic rings. The van der Waals surface area contributed by atoms with Gasteiger partial charge in [-0.05, 0) is 68.2 Å². The summed E-state index contributed by atoms with van der Waals surface area (Å²) in [4.78, 5) is 9.18. The minimum Gasteiger partial charge on any atom is -0.255 e. The van der Waals surface area contributed by atoms with Crippen LogP contribution in [0.4, 0.5) is 0 Å². The maximum atomic E-state index is 4.60. The van der Waals surface area contributed by atoms with Crippen LogP contribution in [-0.2, 0) is 0 Å². The van der Waals surface area contributed by atoms with Crippen LogP contribution in [-0.4, -0.2) is 12.4 Å². The van der Waals surface area contributed by atoms with Crippen LogP contribution in [0.1, 0.15) is 48.0 Å². The van der Waals surface area contributed by atoms with Crippen molar-refractivity contribution in [3.8, 4) is 0 Å². The van der Waals surface area contributed by atoms with Crippen LogP contribution in [0.2, 0.25) is 0 Å². The van der Waals surface area contributed by atoms with Crippen molar-refractivity contribution in [2.24, 2.45) is 21.8 Å². The van der Waals surface area contributed by atoms with E-state index in [1.807, 2.05) is 12.4 Å². The topological polar surface area (TPSA) is 24.7 Å². The summed E-state index contributed by atoms with van der Waals surface area (Å²) in [5.74, 6) is 1.13. The molecule has 0 saturated heterocycles. The lowest BCUT2D eigenvalue weighted by molar-refractivity contribution is 0.689. The highest BCUT2D eigenvalue weighted by atomic mass is 14.8. The number of hydrogen-bond donors (Lipinski definition) is 0. The van der Waals surface area contributed by atoms with Gasteiger partial charge in [0, 0.05) is 12.4 Å². The van der Waals surface area contributed by atoms with Gasteiger partial charge in [-0.1, -0.05) is 26.0 Å². The second-order valence-electron chi connectivity index (χ2n) is 6.39. The molecule has 0 aromatic heterocycles. The first-order valence-electron chi connectivity index (χ1n) is 7.75. The monoisotopic (exact) mass is 282 g/mol. The molecule has 21 heavy (non-hydrogen) atoms. The summed E-state index contributed by atoms with van der Waals surface area (Å²) in [6.07, 6.45) is 9.31. The van der Waals surface area contributed by atoms with Gasteiger partial charge >= 0.3 is 0 Å². The SMILES string of the molecule is CC1=C[C@@H](C)CC(C)=C1/N=C/C=N/C1=C(C)[C@@H](C)C=C1C. The minimum absolute atomic E-state index is 0.504. The predicted molar refractivity (Wildman–Crippen MR) is 92.8 cm³/mol. The molecule has 2 aliphatic carbocycles. The van der Waals surface area contributed by atoms with Gasteiger partial charge in [0.25, 0.3) is 0 Å². The van der Waals surface area contributed by atoms with E-state index in [0.29, 0.717) is 11.8 Å². The number of rotatable bonds is 3. The highest BCUT2D eigenvalue weighted by molar-refractivity contribution is 6.16. The first kappa shape index (κ1) is 15.7. The van der Waals surface area contributed by atoms with Gasteiger partial charge in [-0.3, -0.25) is 9.98 Å². The Morgan fingerprint density at radius 1 is 0.905 bits per heavy atom. The van der Waals surface area contributed by atoms with Crippen molar-refractivity contribution in [2.75, 3.05) is 0 Å². The maximum absolute atomic E-state index is 4.60. The molecule has 0 aromatic rings. The molecule has 0 aromatic carbocycles. The van der Waals surface area contributed by atoms with Crippen LogP contribution in [0.5, 0.6) is 0 Å². The van der Waals surface area contributed by atoms with Crippen molar-refractivity contribution in [3.05, 3.63) is 45.8 Å².